The molecule has 0 aliphatic carbocycles. The Hall–Kier alpha value is -3.79. The van der Waals surface area contributed by atoms with Gasteiger partial charge in [-0.1, -0.05) is 12.1 Å². The SMILES string of the molecule is COc1cc(C(=O)NCC(=O)NCc2ccc(C(=O)N3CC(C)OC(C)C3)cc2)cc(OC)c1OC. The van der Waals surface area contributed by atoms with Crippen LogP contribution in [0.3, 0.4) is 0 Å². The summed E-state index contributed by atoms with van der Waals surface area (Å²) in [6, 6.07) is 10.1. The molecular formula is C26H33N3O7. The third-order valence-corrected chi connectivity index (χ3v) is 5.73. The van der Waals surface area contributed by atoms with Gasteiger partial charge in [0.25, 0.3) is 11.8 Å². The number of morpholine rings is 1. The predicted molar refractivity (Wildman–Crippen MR) is 133 cm³/mol. The lowest BCUT2D eigenvalue weighted by molar-refractivity contribution is -0.120. The van der Waals surface area contributed by atoms with Crippen molar-refractivity contribution < 1.29 is 33.3 Å². The first-order valence-corrected chi connectivity index (χ1v) is 11.6. The van der Waals surface area contributed by atoms with Crippen LogP contribution in [0.15, 0.2) is 36.4 Å². The van der Waals surface area contributed by atoms with Gasteiger partial charge in [0.05, 0.1) is 40.1 Å². The maximum Gasteiger partial charge on any atom is 0.254 e. The number of hydrogen-bond acceptors (Lipinski definition) is 7. The van der Waals surface area contributed by atoms with Crippen molar-refractivity contribution in [2.75, 3.05) is 41.0 Å². The maximum absolute atomic E-state index is 12.8. The Morgan fingerprint density at radius 2 is 1.47 bits per heavy atom. The zero-order valence-electron chi connectivity index (χ0n) is 21.3. The third kappa shape index (κ3) is 6.66. The number of nitrogens with one attached hydrogen (secondary N) is 2. The van der Waals surface area contributed by atoms with E-state index in [0.29, 0.717) is 35.9 Å². The van der Waals surface area contributed by atoms with E-state index in [1.54, 1.807) is 29.2 Å². The van der Waals surface area contributed by atoms with E-state index in [1.807, 2.05) is 13.8 Å². The van der Waals surface area contributed by atoms with Gasteiger partial charge in [0.2, 0.25) is 11.7 Å². The summed E-state index contributed by atoms with van der Waals surface area (Å²) in [5, 5.41) is 5.34. The number of rotatable bonds is 9. The predicted octanol–water partition coefficient (Wildman–Crippen LogP) is 2.01. The van der Waals surface area contributed by atoms with Crippen LogP contribution in [-0.4, -0.2) is 75.8 Å². The van der Waals surface area contributed by atoms with Crippen molar-refractivity contribution in [2.45, 2.75) is 32.6 Å². The van der Waals surface area contributed by atoms with E-state index in [1.165, 1.54) is 33.5 Å². The molecule has 2 aromatic rings. The Morgan fingerprint density at radius 3 is 2.00 bits per heavy atom. The summed E-state index contributed by atoms with van der Waals surface area (Å²) < 4.78 is 21.5. The van der Waals surface area contributed by atoms with Crippen LogP contribution in [0.2, 0.25) is 0 Å². The fourth-order valence-corrected chi connectivity index (χ4v) is 4.03. The molecule has 2 N–H and O–H groups in total. The van der Waals surface area contributed by atoms with Gasteiger partial charge in [-0.05, 0) is 43.7 Å². The second-order valence-corrected chi connectivity index (χ2v) is 8.54. The van der Waals surface area contributed by atoms with Gasteiger partial charge >= 0.3 is 0 Å². The van der Waals surface area contributed by atoms with Gasteiger partial charge in [0.1, 0.15) is 0 Å². The average Bonchev–Trinajstić information content (AvgIpc) is 2.88. The van der Waals surface area contributed by atoms with Crippen molar-refractivity contribution in [1.82, 2.24) is 15.5 Å². The molecule has 10 heteroatoms. The first-order chi connectivity index (χ1) is 17.2. The fraction of sp³-hybridized carbons (Fsp3) is 0.423. The lowest BCUT2D eigenvalue weighted by atomic mass is 10.1. The molecule has 3 amide bonds. The van der Waals surface area contributed by atoms with Crippen LogP contribution in [0.1, 0.15) is 40.1 Å². The van der Waals surface area contributed by atoms with Gasteiger partial charge in [0, 0.05) is 30.8 Å². The summed E-state index contributed by atoms with van der Waals surface area (Å²) in [7, 11) is 4.39. The third-order valence-electron chi connectivity index (χ3n) is 5.73. The zero-order chi connectivity index (χ0) is 26.2. The molecule has 2 aromatic carbocycles. The fourth-order valence-electron chi connectivity index (χ4n) is 4.03. The smallest absolute Gasteiger partial charge is 0.254 e. The molecule has 10 nitrogen and oxygen atoms in total. The van der Waals surface area contributed by atoms with Crippen LogP contribution in [0, 0.1) is 0 Å². The second-order valence-electron chi connectivity index (χ2n) is 8.54. The first kappa shape index (κ1) is 26.8. The Balaban J connectivity index is 1.50. The topological polar surface area (TPSA) is 115 Å². The Kier molecular flexibility index (Phi) is 9.13. The molecule has 2 atom stereocenters. The number of benzene rings is 2. The van der Waals surface area contributed by atoms with Gasteiger partial charge < -0.3 is 34.5 Å². The molecule has 0 aromatic heterocycles. The number of nitrogens with zero attached hydrogens (tertiary/aromatic N) is 1. The van der Waals surface area contributed by atoms with Crippen molar-refractivity contribution in [2.24, 2.45) is 0 Å². The van der Waals surface area contributed by atoms with Crippen LogP contribution in [-0.2, 0) is 16.1 Å². The second kappa shape index (κ2) is 12.3. The Bertz CT molecular complexity index is 1050. The van der Waals surface area contributed by atoms with Gasteiger partial charge in [0.15, 0.2) is 11.5 Å². The molecular weight excluding hydrogens is 466 g/mol. The highest BCUT2D eigenvalue weighted by molar-refractivity contribution is 5.97. The van der Waals surface area contributed by atoms with Crippen molar-refractivity contribution >= 4 is 17.7 Å². The molecule has 0 radical (unpaired) electrons. The molecule has 0 saturated carbocycles. The van der Waals surface area contributed by atoms with Crippen LogP contribution < -0.4 is 24.8 Å². The molecule has 0 spiro atoms. The quantitative estimate of drug-likeness (QED) is 0.542. The van der Waals surface area contributed by atoms with E-state index >= 15 is 0 Å². The molecule has 1 aliphatic heterocycles. The number of ether oxygens (including phenoxy) is 4. The van der Waals surface area contributed by atoms with Crippen LogP contribution in [0.5, 0.6) is 17.2 Å². The number of carbonyl (C=O) groups is 3. The number of amides is 3. The molecule has 36 heavy (non-hydrogen) atoms. The van der Waals surface area contributed by atoms with Gasteiger partial charge in [-0.15, -0.1) is 0 Å². The van der Waals surface area contributed by atoms with Crippen LogP contribution in [0.25, 0.3) is 0 Å². The Labute approximate surface area is 210 Å². The van der Waals surface area contributed by atoms with Crippen LogP contribution >= 0.6 is 0 Å². The number of hydrogen-bond donors (Lipinski definition) is 2. The molecule has 1 saturated heterocycles. The summed E-state index contributed by atoms with van der Waals surface area (Å²) in [6.07, 6.45) is 0.00269. The highest BCUT2D eigenvalue weighted by Crippen LogP contribution is 2.38. The largest absolute Gasteiger partial charge is 0.493 e. The summed E-state index contributed by atoms with van der Waals surface area (Å²) in [5.74, 6) is 0.196. The van der Waals surface area contributed by atoms with Gasteiger partial charge in [-0.2, -0.15) is 0 Å². The van der Waals surface area contributed by atoms with E-state index in [4.69, 9.17) is 18.9 Å². The van der Waals surface area contributed by atoms with E-state index in [0.717, 1.165) is 5.56 Å². The first-order valence-electron chi connectivity index (χ1n) is 11.6. The number of methoxy groups -OCH3 is 3. The van der Waals surface area contributed by atoms with Crippen molar-refractivity contribution in [3.05, 3.63) is 53.1 Å². The van der Waals surface area contributed by atoms with E-state index in [-0.39, 0.29) is 42.7 Å². The summed E-state index contributed by atoms with van der Waals surface area (Å²) >= 11 is 0. The summed E-state index contributed by atoms with van der Waals surface area (Å²) in [4.78, 5) is 39.4. The van der Waals surface area contributed by atoms with Gasteiger partial charge in [-0.3, -0.25) is 14.4 Å². The normalized spacial score (nSPS) is 17.2. The highest BCUT2D eigenvalue weighted by atomic mass is 16.5. The average molecular weight is 500 g/mol. The standard InChI is InChI=1S/C26H33N3O7/c1-16-14-29(15-17(2)36-16)26(32)19-8-6-18(7-9-19)12-27-23(30)13-28-25(31)20-10-21(33-3)24(35-5)22(11-20)34-4/h6-11,16-17H,12-15H2,1-5H3,(H,27,30)(H,28,31). The molecule has 1 aliphatic rings. The minimum atomic E-state index is -0.459. The molecule has 3 rings (SSSR count). The Morgan fingerprint density at radius 1 is 0.889 bits per heavy atom. The van der Waals surface area contributed by atoms with Crippen molar-refractivity contribution in [3.63, 3.8) is 0 Å². The minimum absolute atomic E-state index is 0.00135. The van der Waals surface area contributed by atoms with E-state index in [9.17, 15) is 14.4 Å². The van der Waals surface area contributed by atoms with E-state index in [2.05, 4.69) is 10.6 Å². The molecule has 194 valence electrons. The van der Waals surface area contributed by atoms with E-state index < -0.39 is 5.91 Å². The van der Waals surface area contributed by atoms with Crippen molar-refractivity contribution in [3.8, 4) is 17.2 Å². The van der Waals surface area contributed by atoms with Crippen molar-refractivity contribution in [1.29, 1.82) is 0 Å². The monoisotopic (exact) mass is 499 g/mol. The maximum atomic E-state index is 12.8. The minimum Gasteiger partial charge on any atom is -0.493 e. The summed E-state index contributed by atoms with van der Waals surface area (Å²) in [6.45, 7) is 5.08. The number of carbonyl (C=O) groups excluding carboxylic acids is 3. The molecule has 1 heterocycles. The zero-order valence-corrected chi connectivity index (χ0v) is 21.3. The van der Waals surface area contributed by atoms with Crippen LogP contribution in [0.4, 0.5) is 0 Å². The molecule has 0 bridgehead atoms. The summed E-state index contributed by atoms with van der Waals surface area (Å²) in [5.41, 5.74) is 1.69. The highest BCUT2D eigenvalue weighted by Gasteiger charge is 2.26. The lowest BCUT2D eigenvalue weighted by Gasteiger charge is -2.35. The molecule has 1 fully saturated rings. The lowest BCUT2D eigenvalue weighted by Crippen LogP contribution is -2.48. The van der Waals surface area contributed by atoms with Gasteiger partial charge in [-0.25, -0.2) is 0 Å². The molecule has 2 unspecified atom stereocenters.